The molecular formula is C11H15Cl2NO5S. The largest absolute Gasteiger partial charge is 0.359 e. The molecule has 1 rings (SSSR count). The Morgan fingerprint density at radius 1 is 1.35 bits per heavy atom. The molecule has 0 aromatic heterocycles. The average Bonchev–Trinajstić information content (AvgIpc) is 2.31. The Labute approximate surface area is 127 Å². The molecule has 0 fully saturated rings. The van der Waals surface area contributed by atoms with Crippen molar-refractivity contribution >= 4 is 33.5 Å². The molecular weight excluding hydrogens is 329 g/mol. The Kier molecular flexibility index (Phi) is 6.67. The minimum Gasteiger partial charge on any atom is -0.359 e. The fraction of sp³-hybridized carbons (Fsp3) is 0.455. The first kappa shape index (κ1) is 17.6. The van der Waals surface area contributed by atoms with Crippen molar-refractivity contribution in [1.82, 2.24) is 4.72 Å². The van der Waals surface area contributed by atoms with Crippen molar-refractivity contribution < 1.29 is 22.4 Å². The number of ether oxygens (including phenoxy) is 2. The molecule has 0 unspecified atom stereocenters. The zero-order valence-electron chi connectivity index (χ0n) is 10.8. The number of rotatable bonds is 7. The third-order valence-corrected chi connectivity index (χ3v) is 3.84. The molecule has 114 valence electrons. The third-order valence-electron chi connectivity index (χ3n) is 2.43. The highest BCUT2D eigenvalue weighted by Gasteiger charge is 2.24. The second-order valence-electron chi connectivity index (χ2n) is 4.05. The van der Waals surface area contributed by atoms with Crippen LogP contribution in [-0.2, 0) is 19.8 Å². The van der Waals surface area contributed by atoms with Crippen LogP contribution in [0.3, 0.4) is 0 Å². The van der Waals surface area contributed by atoms with E-state index in [1.165, 1.54) is 14.0 Å². The van der Waals surface area contributed by atoms with E-state index in [2.05, 4.69) is 0 Å². The van der Waals surface area contributed by atoms with Crippen LogP contribution < -0.4 is 4.72 Å². The summed E-state index contributed by atoms with van der Waals surface area (Å²) >= 11 is 11.7. The van der Waals surface area contributed by atoms with Gasteiger partial charge in [-0.1, -0.05) is 29.3 Å². The second-order valence-corrected chi connectivity index (χ2v) is 6.05. The van der Waals surface area contributed by atoms with Crippen LogP contribution >= 0.6 is 23.2 Å². The van der Waals surface area contributed by atoms with Gasteiger partial charge in [0.05, 0.1) is 16.1 Å². The van der Waals surface area contributed by atoms with Crippen LogP contribution in [0.15, 0.2) is 18.2 Å². The third kappa shape index (κ3) is 5.53. The number of halogens is 2. The van der Waals surface area contributed by atoms with Gasteiger partial charge < -0.3 is 9.47 Å². The predicted octanol–water partition coefficient (Wildman–Crippen LogP) is 2.44. The number of nitrogens with one attached hydrogen (secondary N) is 1. The standard InChI is InChI=1S/C11H15Cl2NO5S/c1-7(14-20(15,16)17)11(19-6-18-2)8-3-4-9(12)10(13)5-8/h3-5,7,11,14H,6H2,1-2H3,(H,15,16,17)/t7-,11+/m0/s1. The molecule has 2 N–H and O–H groups in total. The van der Waals surface area contributed by atoms with E-state index >= 15 is 0 Å². The Morgan fingerprint density at radius 3 is 2.50 bits per heavy atom. The zero-order chi connectivity index (χ0) is 15.3. The van der Waals surface area contributed by atoms with E-state index in [9.17, 15) is 8.42 Å². The Bertz CT molecular complexity index is 552. The molecule has 0 saturated carbocycles. The molecule has 2 atom stereocenters. The molecule has 0 bridgehead atoms. The van der Waals surface area contributed by atoms with E-state index < -0.39 is 22.4 Å². The number of hydrogen-bond acceptors (Lipinski definition) is 4. The molecule has 0 amide bonds. The van der Waals surface area contributed by atoms with E-state index in [-0.39, 0.29) is 6.79 Å². The van der Waals surface area contributed by atoms with Crippen LogP contribution in [0.2, 0.25) is 10.0 Å². The summed E-state index contributed by atoms with van der Waals surface area (Å²) in [5.74, 6) is 0. The summed E-state index contributed by atoms with van der Waals surface area (Å²) in [6.07, 6.45) is -0.702. The lowest BCUT2D eigenvalue weighted by Gasteiger charge is -2.24. The van der Waals surface area contributed by atoms with Crippen molar-refractivity contribution in [2.75, 3.05) is 13.9 Å². The Balaban J connectivity index is 3.01. The molecule has 0 aliphatic rings. The highest BCUT2D eigenvalue weighted by Crippen LogP contribution is 2.29. The number of benzene rings is 1. The topological polar surface area (TPSA) is 84.9 Å². The van der Waals surface area contributed by atoms with Crippen molar-refractivity contribution in [3.8, 4) is 0 Å². The van der Waals surface area contributed by atoms with E-state index in [1.54, 1.807) is 18.2 Å². The monoisotopic (exact) mass is 343 g/mol. The Hall–Kier alpha value is -0.410. The quantitative estimate of drug-likeness (QED) is 0.586. The summed E-state index contributed by atoms with van der Waals surface area (Å²) in [4.78, 5) is 0. The summed E-state index contributed by atoms with van der Waals surface area (Å²) in [6.45, 7) is 1.49. The smallest absolute Gasteiger partial charge is 0.333 e. The molecule has 20 heavy (non-hydrogen) atoms. The molecule has 0 heterocycles. The van der Waals surface area contributed by atoms with Crippen molar-refractivity contribution in [1.29, 1.82) is 0 Å². The van der Waals surface area contributed by atoms with Crippen LogP contribution in [0, 0.1) is 0 Å². The average molecular weight is 344 g/mol. The van der Waals surface area contributed by atoms with E-state index in [0.29, 0.717) is 15.6 Å². The first-order valence-electron chi connectivity index (χ1n) is 5.55. The summed E-state index contributed by atoms with van der Waals surface area (Å²) in [7, 11) is -2.91. The minimum absolute atomic E-state index is 0.0532. The van der Waals surface area contributed by atoms with Crippen LogP contribution in [-0.4, -0.2) is 32.9 Å². The van der Waals surface area contributed by atoms with E-state index in [1.807, 2.05) is 4.72 Å². The highest BCUT2D eigenvalue weighted by molar-refractivity contribution is 7.83. The van der Waals surface area contributed by atoms with E-state index in [4.69, 9.17) is 37.2 Å². The molecule has 1 aromatic carbocycles. The lowest BCUT2D eigenvalue weighted by Crippen LogP contribution is -2.37. The first-order valence-corrected chi connectivity index (χ1v) is 7.74. The minimum atomic E-state index is -4.35. The van der Waals surface area contributed by atoms with Gasteiger partial charge in [-0.25, -0.2) is 0 Å². The second kappa shape index (κ2) is 7.56. The molecule has 0 aliphatic heterocycles. The molecule has 0 spiro atoms. The van der Waals surface area contributed by atoms with Gasteiger partial charge in [0.1, 0.15) is 12.9 Å². The number of hydrogen-bond donors (Lipinski definition) is 2. The fourth-order valence-corrected chi connectivity index (χ4v) is 2.56. The summed E-state index contributed by atoms with van der Waals surface area (Å²) in [5, 5.41) is 0.686. The van der Waals surface area contributed by atoms with Gasteiger partial charge in [0.2, 0.25) is 0 Å². The normalized spacial score (nSPS) is 15.1. The van der Waals surface area contributed by atoms with Gasteiger partial charge in [-0.3, -0.25) is 4.55 Å². The number of methoxy groups -OCH3 is 1. The van der Waals surface area contributed by atoms with Crippen molar-refractivity contribution in [3.63, 3.8) is 0 Å². The van der Waals surface area contributed by atoms with E-state index in [0.717, 1.165) is 0 Å². The van der Waals surface area contributed by atoms with Gasteiger partial charge in [-0.05, 0) is 24.6 Å². The molecule has 9 heteroatoms. The molecule has 0 radical (unpaired) electrons. The highest BCUT2D eigenvalue weighted by atomic mass is 35.5. The van der Waals surface area contributed by atoms with Gasteiger partial charge >= 0.3 is 10.3 Å². The van der Waals surface area contributed by atoms with Crippen LogP contribution in [0.1, 0.15) is 18.6 Å². The maximum Gasteiger partial charge on any atom is 0.333 e. The SMILES string of the molecule is COCO[C@@H](c1ccc(Cl)c(Cl)c1)[C@H](C)NS(=O)(=O)O. The molecule has 0 saturated heterocycles. The first-order chi connectivity index (χ1) is 9.24. The van der Waals surface area contributed by atoms with Crippen LogP contribution in [0.4, 0.5) is 0 Å². The van der Waals surface area contributed by atoms with Crippen LogP contribution in [0.5, 0.6) is 0 Å². The van der Waals surface area contributed by atoms with Crippen molar-refractivity contribution in [2.45, 2.75) is 19.1 Å². The maximum absolute atomic E-state index is 10.9. The summed E-state index contributed by atoms with van der Waals surface area (Å²) in [5.41, 5.74) is 0.597. The maximum atomic E-state index is 10.9. The van der Waals surface area contributed by atoms with Crippen molar-refractivity contribution in [2.24, 2.45) is 0 Å². The lowest BCUT2D eigenvalue weighted by atomic mass is 10.0. The zero-order valence-corrected chi connectivity index (χ0v) is 13.2. The summed E-state index contributed by atoms with van der Waals surface area (Å²) < 4.78 is 42.9. The predicted molar refractivity (Wildman–Crippen MR) is 76.3 cm³/mol. The van der Waals surface area contributed by atoms with Gasteiger partial charge in [-0.2, -0.15) is 13.1 Å². The molecule has 0 aliphatic carbocycles. The molecule has 1 aromatic rings. The van der Waals surface area contributed by atoms with Gasteiger partial charge in [0, 0.05) is 7.11 Å². The van der Waals surface area contributed by atoms with Gasteiger partial charge in [0.15, 0.2) is 0 Å². The lowest BCUT2D eigenvalue weighted by molar-refractivity contribution is -0.0814. The Morgan fingerprint density at radius 2 is 2.00 bits per heavy atom. The van der Waals surface area contributed by atoms with Crippen LogP contribution in [0.25, 0.3) is 0 Å². The summed E-state index contributed by atoms with van der Waals surface area (Å²) in [6, 6.07) is 4.04. The van der Waals surface area contributed by atoms with Crippen molar-refractivity contribution in [3.05, 3.63) is 33.8 Å². The fourth-order valence-electron chi connectivity index (χ4n) is 1.66. The van der Waals surface area contributed by atoms with Gasteiger partial charge in [0.25, 0.3) is 0 Å². The van der Waals surface area contributed by atoms with Gasteiger partial charge in [-0.15, -0.1) is 0 Å². The molecule has 6 nitrogen and oxygen atoms in total.